The summed E-state index contributed by atoms with van der Waals surface area (Å²) in [6, 6.07) is 4.41. The van der Waals surface area contributed by atoms with Gasteiger partial charge in [-0.05, 0) is 31.0 Å². The van der Waals surface area contributed by atoms with Crippen molar-refractivity contribution in [3.63, 3.8) is 0 Å². The molecule has 0 bridgehead atoms. The number of halogens is 1. The van der Waals surface area contributed by atoms with Gasteiger partial charge in [0.2, 0.25) is 5.91 Å². The van der Waals surface area contributed by atoms with Crippen molar-refractivity contribution in [3.8, 4) is 0 Å². The molecule has 1 heterocycles. The number of anilines is 1. The van der Waals surface area contributed by atoms with Crippen LogP contribution in [0.25, 0.3) is 0 Å². The summed E-state index contributed by atoms with van der Waals surface area (Å²) in [7, 11) is 1.64. The number of hydrogen-bond donors (Lipinski definition) is 2. The summed E-state index contributed by atoms with van der Waals surface area (Å²) in [5.41, 5.74) is 6.99. The molecule has 0 aromatic heterocycles. The maximum atomic E-state index is 13.3. The van der Waals surface area contributed by atoms with E-state index >= 15 is 0 Å². The molecule has 1 atom stereocenters. The zero-order valence-electron chi connectivity index (χ0n) is 11.4. The minimum Gasteiger partial charge on any atom is -0.389 e. The molecule has 0 radical (unpaired) electrons. The number of piperidine rings is 1. The summed E-state index contributed by atoms with van der Waals surface area (Å²) in [5, 5.41) is 2.68. The summed E-state index contributed by atoms with van der Waals surface area (Å²) in [6.45, 7) is 1.41. The molecule has 6 heteroatoms. The van der Waals surface area contributed by atoms with Crippen molar-refractivity contribution in [2.75, 3.05) is 25.0 Å². The summed E-state index contributed by atoms with van der Waals surface area (Å²) in [4.78, 5) is 14.0. The SMILES string of the molecule is CNC(=O)C1CCCN(c2ccc(F)cc2C(N)=S)C1. The highest BCUT2D eigenvalue weighted by molar-refractivity contribution is 7.80. The van der Waals surface area contributed by atoms with Crippen molar-refractivity contribution < 1.29 is 9.18 Å². The molecule has 0 saturated carbocycles. The topological polar surface area (TPSA) is 58.4 Å². The second-order valence-electron chi connectivity index (χ2n) is 4.93. The van der Waals surface area contributed by atoms with Gasteiger partial charge in [0.05, 0.1) is 5.92 Å². The molecule has 1 unspecified atom stereocenters. The summed E-state index contributed by atoms with van der Waals surface area (Å²) in [6.07, 6.45) is 1.77. The fourth-order valence-electron chi connectivity index (χ4n) is 2.60. The number of nitrogens with one attached hydrogen (secondary N) is 1. The second-order valence-corrected chi connectivity index (χ2v) is 5.36. The summed E-state index contributed by atoms with van der Waals surface area (Å²) in [5.74, 6) is -0.386. The predicted octanol–water partition coefficient (Wildman–Crippen LogP) is 1.42. The Hall–Kier alpha value is -1.69. The molecule has 1 amide bonds. The van der Waals surface area contributed by atoms with E-state index in [4.69, 9.17) is 18.0 Å². The highest BCUT2D eigenvalue weighted by Crippen LogP contribution is 2.27. The first-order valence-electron chi connectivity index (χ1n) is 6.59. The Morgan fingerprint density at radius 2 is 2.30 bits per heavy atom. The Morgan fingerprint density at radius 3 is 2.95 bits per heavy atom. The normalized spacial score (nSPS) is 18.7. The smallest absolute Gasteiger partial charge is 0.224 e. The number of amides is 1. The standard InChI is InChI=1S/C14H18FN3OS/c1-17-14(19)9-3-2-6-18(8-9)12-5-4-10(15)7-11(12)13(16)20/h4-5,7,9H,2-3,6,8H2,1H3,(H2,16,20)(H,17,19). The zero-order valence-corrected chi connectivity index (χ0v) is 12.2. The molecule has 3 N–H and O–H groups in total. The largest absolute Gasteiger partial charge is 0.389 e. The molecular formula is C14H18FN3OS. The van der Waals surface area contributed by atoms with Gasteiger partial charge in [-0.1, -0.05) is 12.2 Å². The Bertz CT molecular complexity index is 535. The molecule has 1 aromatic rings. The van der Waals surface area contributed by atoms with Gasteiger partial charge in [-0.2, -0.15) is 0 Å². The fraction of sp³-hybridized carbons (Fsp3) is 0.429. The lowest BCUT2D eigenvalue weighted by Crippen LogP contribution is -2.42. The quantitative estimate of drug-likeness (QED) is 0.828. The third kappa shape index (κ3) is 3.07. The first-order chi connectivity index (χ1) is 9.52. The monoisotopic (exact) mass is 295 g/mol. The van der Waals surface area contributed by atoms with Gasteiger partial charge in [-0.25, -0.2) is 4.39 Å². The van der Waals surface area contributed by atoms with E-state index in [1.165, 1.54) is 12.1 Å². The van der Waals surface area contributed by atoms with Crippen LogP contribution < -0.4 is 16.0 Å². The maximum Gasteiger partial charge on any atom is 0.224 e. The maximum absolute atomic E-state index is 13.3. The molecule has 0 spiro atoms. The van der Waals surface area contributed by atoms with Crippen molar-refractivity contribution in [3.05, 3.63) is 29.6 Å². The average Bonchev–Trinajstić information content (AvgIpc) is 2.46. The van der Waals surface area contributed by atoms with Gasteiger partial charge < -0.3 is 16.0 Å². The van der Waals surface area contributed by atoms with Crippen LogP contribution in [0.3, 0.4) is 0 Å². The van der Waals surface area contributed by atoms with Gasteiger partial charge in [0.1, 0.15) is 10.8 Å². The Kier molecular flexibility index (Phi) is 4.54. The van der Waals surface area contributed by atoms with Crippen molar-refractivity contribution in [1.29, 1.82) is 0 Å². The third-order valence-electron chi connectivity index (χ3n) is 3.60. The van der Waals surface area contributed by atoms with Gasteiger partial charge in [-0.15, -0.1) is 0 Å². The van der Waals surface area contributed by atoms with Crippen LogP contribution in [0, 0.1) is 11.7 Å². The Balaban J connectivity index is 2.27. The lowest BCUT2D eigenvalue weighted by molar-refractivity contribution is -0.124. The first kappa shape index (κ1) is 14.7. The molecule has 4 nitrogen and oxygen atoms in total. The molecule has 1 aromatic carbocycles. The van der Waals surface area contributed by atoms with Crippen LogP contribution in [0.5, 0.6) is 0 Å². The summed E-state index contributed by atoms with van der Waals surface area (Å²) < 4.78 is 13.3. The second kappa shape index (κ2) is 6.17. The van der Waals surface area contributed by atoms with E-state index in [0.29, 0.717) is 12.1 Å². The van der Waals surface area contributed by atoms with Crippen LogP contribution in [-0.2, 0) is 4.79 Å². The molecule has 1 aliphatic heterocycles. The first-order valence-corrected chi connectivity index (χ1v) is 6.99. The molecule has 1 fully saturated rings. The van der Waals surface area contributed by atoms with Crippen LogP contribution in [0.4, 0.5) is 10.1 Å². The summed E-state index contributed by atoms with van der Waals surface area (Å²) >= 11 is 4.99. The molecule has 20 heavy (non-hydrogen) atoms. The van der Waals surface area contributed by atoms with Gasteiger partial charge in [-0.3, -0.25) is 4.79 Å². The molecule has 0 aliphatic carbocycles. The van der Waals surface area contributed by atoms with Gasteiger partial charge in [0.25, 0.3) is 0 Å². The number of nitrogens with two attached hydrogens (primary N) is 1. The van der Waals surface area contributed by atoms with E-state index in [9.17, 15) is 9.18 Å². The van der Waals surface area contributed by atoms with E-state index in [-0.39, 0.29) is 22.6 Å². The van der Waals surface area contributed by atoms with Crippen LogP contribution in [0.1, 0.15) is 18.4 Å². The number of carbonyl (C=O) groups excluding carboxylic acids is 1. The van der Waals surface area contributed by atoms with Gasteiger partial charge in [0.15, 0.2) is 0 Å². The molecule has 2 rings (SSSR count). The Labute approximate surface area is 123 Å². The van der Waals surface area contributed by atoms with Crippen LogP contribution in [0.15, 0.2) is 18.2 Å². The van der Waals surface area contributed by atoms with Crippen molar-refractivity contribution >= 4 is 28.8 Å². The number of thiocarbonyl (C=S) groups is 1. The average molecular weight is 295 g/mol. The number of hydrogen-bond acceptors (Lipinski definition) is 3. The van der Waals surface area contributed by atoms with E-state index in [1.54, 1.807) is 13.1 Å². The molecule has 1 aliphatic rings. The van der Waals surface area contributed by atoms with E-state index in [1.807, 2.05) is 0 Å². The lowest BCUT2D eigenvalue weighted by atomic mass is 9.96. The van der Waals surface area contributed by atoms with E-state index < -0.39 is 0 Å². The predicted molar refractivity (Wildman–Crippen MR) is 81.3 cm³/mol. The van der Waals surface area contributed by atoms with E-state index in [0.717, 1.165) is 25.1 Å². The van der Waals surface area contributed by atoms with Crippen molar-refractivity contribution in [1.82, 2.24) is 5.32 Å². The number of nitrogens with zero attached hydrogens (tertiary/aromatic N) is 1. The molecule has 108 valence electrons. The Morgan fingerprint density at radius 1 is 1.55 bits per heavy atom. The minimum atomic E-state index is -0.364. The van der Waals surface area contributed by atoms with Crippen LogP contribution in [0.2, 0.25) is 0 Å². The van der Waals surface area contributed by atoms with Crippen LogP contribution >= 0.6 is 12.2 Å². The van der Waals surface area contributed by atoms with Crippen molar-refractivity contribution in [2.45, 2.75) is 12.8 Å². The van der Waals surface area contributed by atoms with Gasteiger partial charge >= 0.3 is 0 Å². The minimum absolute atomic E-state index is 0.0358. The fourth-order valence-corrected chi connectivity index (χ4v) is 2.76. The zero-order chi connectivity index (χ0) is 14.7. The number of carbonyl (C=O) groups is 1. The molecule has 1 saturated heterocycles. The highest BCUT2D eigenvalue weighted by Gasteiger charge is 2.26. The van der Waals surface area contributed by atoms with Crippen LogP contribution in [-0.4, -0.2) is 31.0 Å². The lowest BCUT2D eigenvalue weighted by Gasteiger charge is -2.34. The number of rotatable bonds is 3. The third-order valence-corrected chi connectivity index (χ3v) is 3.82. The van der Waals surface area contributed by atoms with E-state index in [2.05, 4.69) is 10.2 Å². The number of benzene rings is 1. The van der Waals surface area contributed by atoms with Gasteiger partial charge in [0, 0.05) is 31.4 Å². The van der Waals surface area contributed by atoms with Crippen molar-refractivity contribution in [2.24, 2.45) is 11.7 Å². The molecular weight excluding hydrogens is 277 g/mol. The highest BCUT2D eigenvalue weighted by atomic mass is 32.1.